The monoisotopic (exact) mass is 849 g/mol. The number of alkyl halides is 9. The fraction of sp³-hybridized carbons (Fsp3) is 0.0714. The second-order valence-corrected chi connectivity index (χ2v) is 12.0. The van der Waals surface area contributed by atoms with Crippen molar-refractivity contribution in [2.75, 3.05) is 16.0 Å². The minimum Gasteiger partial charge on any atom is -0.322 e. The van der Waals surface area contributed by atoms with Crippen LogP contribution in [-0.4, -0.2) is 17.7 Å². The Kier molecular flexibility index (Phi) is 14.9. The Labute approximate surface area is 332 Å². The summed E-state index contributed by atoms with van der Waals surface area (Å²) in [4.78, 5) is 35.6. The normalized spacial score (nSPS) is 11.2. The number of carbonyl (C=O) groups excluding carboxylic acids is 3. The molecule has 0 aromatic heterocycles. The van der Waals surface area contributed by atoms with Gasteiger partial charge in [0.05, 0.1) is 33.4 Å². The lowest BCUT2D eigenvalue weighted by molar-refractivity contribution is -0.138. The topological polar surface area (TPSA) is 87.3 Å². The van der Waals surface area contributed by atoms with E-state index in [-0.39, 0.29) is 17.1 Å². The molecule has 0 aliphatic heterocycles. The van der Waals surface area contributed by atoms with E-state index < -0.39 is 87.1 Å². The molecule has 0 bridgehead atoms. The highest BCUT2D eigenvalue weighted by Gasteiger charge is 2.36. The Bertz CT molecular complexity index is 2180. The number of amides is 3. The Morgan fingerprint density at radius 3 is 0.783 bits per heavy atom. The van der Waals surface area contributed by atoms with Gasteiger partial charge in [0.2, 0.25) is 0 Å². The standard InChI is InChI=1S/3C14H9F4NO/c3*15-9-4-3-5-10(8-9)19-13(20)11-6-1-2-7-12(11)14(16,17)18/h3*1-8H,(H,19,20). The summed E-state index contributed by atoms with van der Waals surface area (Å²) in [7, 11) is 0. The lowest BCUT2D eigenvalue weighted by Crippen LogP contribution is -2.18. The Balaban J connectivity index is 0.000000198. The molecule has 0 spiro atoms. The van der Waals surface area contributed by atoms with Gasteiger partial charge < -0.3 is 16.0 Å². The van der Waals surface area contributed by atoms with Crippen molar-refractivity contribution in [1.82, 2.24) is 0 Å². The highest BCUT2D eigenvalue weighted by atomic mass is 19.4. The van der Waals surface area contributed by atoms with Gasteiger partial charge in [-0.1, -0.05) is 54.6 Å². The van der Waals surface area contributed by atoms with Gasteiger partial charge in [0.25, 0.3) is 17.7 Å². The fourth-order valence-corrected chi connectivity index (χ4v) is 5.08. The number of carbonyl (C=O) groups is 3. The van der Waals surface area contributed by atoms with Gasteiger partial charge in [-0.3, -0.25) is 14.4 Å². The van der Waals surface area contributed by atoms with Crippen molar-refractivity contribution in [3.05, 3.63) is 196 Å². The molecule has 6 aromatic carbocycles. The fourth-order valence-electron chi connectivity index (χ4n) is 5.08. The number of rotatable bonds is 6. The largest absolute Gasteiger partial charge is 0.417 e. The van der Waals surface area contributed by atoms with Crippen LogP contribution < -0.4 is 16.0 Å². The van der Waals surface area contributed by atoms with E-state index >= 15 is 0 Å². The van der Waals surface area contributed by atoms with E-state index in [4.69, 9.17) is 0 Å². The summed E-state index contributed by atoms with van der Waals surface area (Å²) >= 11 is 0. The third-order valence-corrected chi connectivity index (χ3v) is 7.68. The van der Waals surface area contributed by atoms with Crippen LogP contribution >= 0.6 is 0 Å². The summed E-state index contributed by atoms with van der Waals surface area (Å²) in [5, 5.41) is 6.70. The molecular formula is C42H27F12N3O3. The predicted molar refractivity (Wildman–Crippen MR) is 197 cm³/mol. The van der Waals surface area contributed by atoms with Crippen LogP contribution in [0, 0.1) is 17.5 Å². The van der Waals surface area contributed by atoms with Crippen molar-refractivity contribution < 1.29 is 67.1 Å². The van der Waals surface area contributed by atoms with Crippen LogP contribution in [0.25, 0.3) is 0 Å². The van der Waals surface area contributed by atoms with Gasteiger partial charge in [-0.15, -0.1) is 0 Å². The average molecular weight is 850 g/mol. The molecular weight excluding hydrogens is 822 g/mol. The number of hydrogen-bond donors (Lipinski definition) is 3. The van der Waals surface area contributed by atoms with Crippen molar-refractivity contribution in [3.63, 3.8) is 0 Å². The van der Waals surface area contributed by atoms with E-state index in [1.165, 1.54) is 91.0 Å². The number of anilines is 3. The molecule has 18 heteroatoms. The molecule has 6 aromatic rings. The van der Waals surface area contributed by atoms with Gasteiger partial charge in [0.1, 0.15) is 17.5 Å². The molecule has 6 rings (SSSR count). The molecule has 0 radical (unpaired) electrons. The van der Waals surface area contributed by atoms with Crippen LogP contribution in [0.3, 0.4) is 0 Å². The molecule has 0 unspecified atom stereocenters. The van der Waals surface area contributed by atoms with Crippen LogP contribution in [-0.2, 0) is 18.5 Å². The maximum atomic E-state index is 13.0. The zero-order chi connectivity index (χ0) is 44.3. The maximum absolute atomic E-state index is 13.0. The molecule has 6 nitrogen and oxygen atoms in total. The van der Waals surface area contributed by atoms with Gasteiger partial charge in [-0.25, -0.2) is 13.2 Å². The van der Waals surface area contributed by atoms with Crippen LogP contribution in [0.2, 0.25) is 0 Å². The Morgan fingerprint density at radius 1 is 0.333 bits per heavy atom. The van der Waals surface area contributed by atoms with E-state index in [0.717, 1.165) is 54.6 Å². The lowest BCUT2D eigenvalue weighted by Gasteiger charge is -2.12. The van der Waals surface area contributed by atoms with E-state index in [9.17, 15) is 67.1 Å². The SMILES string of the molecule is O=C(Nc1cccc(F)c1)c1ccccc1C(F)(F)F.O=C(Nc1cccc(F)c1)c1ccccc1C(F)(F)F.O=C(Nc1cccc(F)c1)c1ccccc1C(F)(F)F. The minimum atomic E-state index is -4.63. The van der Waals surface area contributed by atoms with E-state index in [2.05, 4.69) is 16.0 Å². The predicted octanol–water partition coefficient (Wildman–Crippen LogP) is 12.3. The molecule has 60 heavy (non-hydrogen) atoms. The number of nitrogens with one attached hydrogen (secondary N) is 3. The first-order valence-corrected chi connectivity index (χ1v) is 16.8. The zero-order valence-electron chi connectivity index (χ0n) is 30.1. The van der Waals surface area contributed by atoms with Gasteiger partial charge in [-0.2, -0.15) is 39.5 Å². The van der Waals surface area contributed by atoms with Crippen LogP contribution in [0.1, 0.15) is 47.8 Å². The molecule has 3 amide bonds. The lowest BCUT2D eigenvalue weighted by atomic mass is 10.1. The third-order valence-electron chi connectivity index (χ3n) is 7.68. The first kappa shape index (κ1) is 45.6. The Hall–Kier alpha value is -7.11. The summed E-state index contributed by atoms with van der Waals surface area (Å²) in [6.07, 6.45) is -13.9. The molecule has 0 aliphatic rings. The summed E-state index contributed by atoms with van der Waals surface area (Å²) in [6.45, 7) is 0. The molecule has 0 atom stereocenters. The smallest absolute Gasteiger partial charge is 0.322 e. The molecule has 0 saturated carbocycles. The first-order chi connectivity index (χ1) is 28.1. The maximum Gasteiger partial charge on any atom is 0.417 e. The molecule has 0 fully saturated rings. The first-order valence-electron chi connectivity index (χ1n) is 16.8. The van der Waals surface area contributed by atoms with Crippen LogP contribution in [0.5, 0.6) is 0 Å². The summed E-state index contributed by atoms with van der Waals surface area (Å²) in [5.74, 6) is -4.60. The van der Waals surface area contributed by atoms with E-state index in [0.29, 0.717) is 0 Å². The molecule has 0 saturated heterocycles. The van der Waals surface area contributed by atoms with Crippen LogP contribution in [0.4, 0.5) is 69.7 Å². The van der Waals surface area contributed by atoms with Gasteiger partial charge in [-0.05, 0) is 91.0 Å². The van der Waals surface area contributed by atoms with Gasteiger partial charge >= 0.3 is 18.5 Å². The highest BCUT2D eigenvalue weighted by Crippen LogP contribution is 2.34. The van der Waals surface area contributed by atoms with Crippen molar-refractivity contribution in [2.45, 2.75) is 18.5 Å². The van der Waals surface area contributed by atoms with Crippen molar-refractivity contribution in [3.8, 4) is 0 Å². The molecule has 3 N–H and O–H groups in total. The zero-order valence-corrected chi connectivity index (χ0v) is 30.1. The van der Waals surface area contributed by atoms with Crippen molar-refractivity contribution in [2.24, 2.45) is 0 Å². The summed E-state index contributed by atoms with van der Waals surface area (Å²) in [5.41, 5.74) is -4.36. The highest BCUT2D eigenvalue weighted by molar-refractivity contribution is 6.06. The Morgan fingerprint density at radius 2 is 0.567 bits per heavy atom. The summed E-state index contributed by atoms with van der Waals surface area (Å²) < 4.78 is 154. The number of halogens is 12. The second kappa shape index (κ2) is 19.6. The van der Waals surface area contributed by atoms with Gasteiger partial charge in [0, 0.05) is 17.1 Å². The van der Waals surface area contributed by atoms with E-state index in [1.54, 1.807) is 0 Å². The average Bonchev–Trinajstić information content (AvgIpc) is 3.17. The number of hydrogen-bond acceptors (Lipinski definition) is 3. The molecule has 312 valence electrons. The van der Waals surface area contributed by atoms with Crippen LogP contribution in [0.15, 0.2) is 146 Å². The second-order valence-electron chi connectivity index (χ2n) is 12.0. The molecule has 0 aliphatic carbocycles. The van der Waals surface area contributed by atoms with E-state index in [1.807, 2.05) is 0 Å². The quantitative estimate of drug-likeness (QED) is 0.146. The third kappa shape index (κ3) is 13.2. The van der Waals surface area contributed by atoms with Crippen molar-refractivity contribution in [1.29, 1.82) is 0 Å². The number of benzene rings is 6. The van der Waals surface area contributed by atoms with Crippen molar-refractivity contribution >= 4 is 34.8 Å². The summed E-state index contributed by atoms with van der Waals surface area (Å²) in [6, 6.07) is 28.0. The molecule has 0 heterocycles. The minimum absolute atomic E-state index is 0.0898. The van der Waals surface area contributed by atoms with Gasteiger partial charge in [0.15, 0.2) is 0 Å².